The molecule has 3 amide bonds. The zero-order valence-corrected chi connectivity index (χ0v) is 18.0. The summed E-state index contributed by atoms with van der Waals surface area (Å²) in [4.78, 5) is 41.7. The first-order valence-electron chi connectivity index (χ1n) is 9.19. The van der Waals surface area contributed by atoms with Crippen LogP contribution in [-0.4, -0.2) is 59.9 Å². The maximum atomic E-state index is 14.0. The third kappa shape index (κ3) is 4.96. The predicted molar refractivity (Wildman–Crippen MR) is 112 cm³/mol. The first kappa shape index (κ1) is 25.7. The molecule has 180 valence electrons. The molecule has 0 bridgehead atoms. The van der Waals surface area contributed by atoms with Crippen LogP contribution >= 0.6 is 12.4 Å². The number of ether oxygens (including phenoxy) is 1. The van der Waals surface area contributed by atoms with Gasteiger partial charge in [0.05, 0.1) is 29.6 Å². The normalized spacial score (nSPS) is 20.4. The van der Waals surface area contributed by atoms with Crippen molar-refractivity contribution in [3.63, 3.8) is 0 Å². The highest BCUT2D eigenvalue weighted by Crippen LogP contribution is 2.41. The molecule has 1 aromatic carbocycles. The van der Waals surface area contributed by atoms with Gasteiger partial charge in [0.2, 0.25) is 5.96 Å². The van der Waals surface area contributed by atoms with Crippen molar-refractivity contribution >= 4 is 42.1 Å². The van der Waals surface area contributed by atoms with Crippen LogP contribution in [0.3, 0.4) is 0 Å². The Morgan fingerprint density at radius 1 is 1.36 bits per heavy atom. The largest absolute Gasteiger partial charge is 0.511 e. The second kappa shape index (κ2) is 9.54. The third-order valence-electron chi connectivity index (χ3n) is 4.66. The fraction of sp³-hybridized carbons (Fsp3) is 0.333. The van der Waals surface area contributed by atoms with E-state index in [2.05, 4.69) is 20.4 Å². The summed E-state index contributed by atoms with van der Waals surface area (Å²) in [5, 5.41) is 13.8. The van der Waals surface area contributed by atoms with Crippen molar-refractivity contribution in [3.05, 3.63) is 41.3 Å². The average Bonchev–Trinajstić information content (AvgIpc) is 3.05. The summed E-state index contributed by atoms with van der Waals surface area (Å²) in [5.41, 5.74) is 3.72. The third-order valence-corrected chi connectivity index (χ3v) is 4.66. The molecule has 2 aliphatic heterocycles. The molecule has 3 rings (SSSR count). The molecule has 1 saturated heterocycles. The number of hydrogen-bond acceptors (Lipinski definition) is 7. The van der Waals surface area contributed by atoms with Gasteiger partial charge in [-0.25, -0.2) is 14.6 Å². The molecule has 0 aromatic heterocycles. The van der Waals surface area contributed by atoms with Crippen LogP contribution in [0.15, 0.2) is 35.2 Å². The van der Waals surface area contributed by atoms with Gasteiger partial charge in [-0.15, -0.1) is 12.4 Å². The SMILES string of the molecule is CNC(=O)c1cccc(C(F)(F)F)c1N1C(N2CC(C)NC2=O)=NC=C(OC(=O)O)C1N.Cl. The van der Waals surface area contributed by atoms with Crippen LogP contribution in [0, 0.1) is 0 Å². The van der Waals surface area contributed by atoms with Crippen molar-refractivity contribution in [3.8, 4) is 0 Å². The average molecular weight is 493 g/mol. The lowest BCUT2D eigenvalue weighted by atomic mass is 10.0. The molecular formula is C18H20ClF3N6O5. The van der Waals surface area contributed by atoms with Crippen LogP contribution in [0.4, 0.5) is 28.4 Å². The number of nitrogens with zero attached hydrogens (tertiary/aromatic N) is 3. The molecule has 15 heteroatoms. The van der Waals surface area contributed by atoms with Crippen LogP contribution in [0.25, 0.3) is 0 Å². The number of guanidine groups is 1. The van der Waals surface area contributed by atoms with Crippen molar-refractivity contribution in [1.29, 1.82) is 0 Å². The molecule has 33 heavy (non-hydrogen) atoms. The van der Waals surface area contributed by atoms with Gasteiger partial charge in [0, 0.05) is 13.1 Å². The van der Waals surface area contributed by atoms with E-state index in [4.69, 9.17) is 10.8 Å². The molecule has 5 N–H and O–H groups in total. The van der Waals surface area contributed by atoms with E-state index in [1.165, 1.54) is 7.05 Å². The Bertz CT molecular complexity index is 1030. The summed E-state index contributed by atoms with van der Waals surface area (Å²) < 4.78 is 46.4. The molecule has 0 saturated carbocycles. The first-order valence-corrected chi connectivity index (χ1v) is 9.19. The summed E-state index contributed by atoms with van der Waals surface area (Å²) in [5.74, 6) is -1.71. The van der Waals surface area contributed by atoms with Gasteiger partial charge in [0.1, 0.15) is 6.17 Å². The van der Waals surface area contributed by atoms with Crippen LogP contribution < -0.4 is 21.3 Å². The molecule has 0 aliphatic carbocycles. The highest BCUT2D eigenvalue weighted by atomic mass is 35.5. The molecule has 1 aromatic rings. The smallest absolute Gasteiger partial charge is 0.449 e. The maximum absolute atomic E-state index is 14.0. The lowest BCUT2D eigenvalue weighted by Crippen LogP contribution is -2.57. The fourth-order valence-electron chi connectivity index (χ4n) is 3.35. The Balaban J connectivity index is 0.00000385. The van der Waals surface area contributed by atoms with Gasteiger partial charge in [-0.3, -0.25) is 14.6 Å². The minimum absolute atomic E-state index is 0. The number of urea groups is 1. The maximum Gasteiger partial charge on any atom is 0.511 e. The highest BCUT2D eigenvalue weighted by Gasteiger charge is 2.44. The van der Waals surface area contributed by atoms with Gasteiger partial charge in [-0.05, 0) is 19.1 Å². The topological polar surface area (TPSA) is 150 Å². The molecule has 2 unspecified atom stereocenters. The monoisotopic (exact) mass is 492 g/mol. The summed E-state index contributed by atoms with van der Waals surface area (Å²) in [6.07, 6.45) is -7.46. The van der Waals surface area contributed by atoms with E-state index in [9.17, 15) is 27.6 Å². The van der Waals surface area contributed by atoms with E-state index in [1.54, 1.807) is 6.92 Å². The fourth-order valence-corrected chi connectivity index (χ4v) is 3.35. The zero-order chi connectivity index (χ0) is 23.8. The van der Waals surface area contributed by atoms with E-state index in [-0.39, 0.29) is 31.0 Å². The number of carbonyl (C=O) groups is 3. The van der Waals surface area contributed by atoms with Crippen molar-refractivity contribution in [2.45, 2.75) is 25.3 Å². The second-order valence-electron chi connectivity index (χ2n) is 6.88. The van der Waals surface area contributed by atoms with Crippen molar-refractivity contribution in [1.82, 2.24) is 15.5 Å². The van der Waals surface area contributed by atoms with Gasteiger partial charge in [-0.2, -0.15) is 13.2 Å². The minimum Gasteiger partial charge on any atom is -0.449 e. The van der Waals surface area contributed by atoms with E-state index >= 15 is 0 Å². The molecule has 2 atom stereocenters. The Morgan fingerprint density at radius 2 is 2.03 bits per heavy atom. The second-order valence-corrected chi connectivity index (χ2v) is 6.88. The highest BCUT2D eigenvalue weighted by molar-refractivity contribution is 6.11. The van der Waals surface area contributed by atoms with Crippen molar-refractivity contribution in [2.24, 2.45) is 10.7 Å². The number of para-hydroxylation sites is 1. The molecule has 11 nitrogen and oxygen atoms in total. The number of benzene rings is 1. The van der Waals surface area contributed by atoms with Gasteiger partial charge < -0.3 is 26.2 Å². The van der Waals surface area contributed by atoms with E-state index in [1.807, 2.05) is 0 Å². The summed E-state index contributed by atoms with van der Waals surface area (Å²) >= 11 is 0. The Morgan fingerprint density at radius 3 is 2.55 bits per heavy atom. The number of halogens is 4. The lowest BCUT2D eigenvalue weighted by Gasteiger charge is -2.38. The van der Waals surface area contributed by atoms with Gasteiger partial charge in [-0.1, -0.05) is 6.07 Å². The molecule has 2 heterocycles. The number of anilines is 1. The Hall–Kier alpha value is -3.52. The molecule has 0 radical (unpaired) electrons. The van der Waals surface area contributed by atoms with Crippen molar-refractivity contribution < 1.29 is 37.4 Å². The van der Waals surface area contributed by atoms with Crippen LogP contribution in [0.5, 0.6) is 0 Å². The van der Waals surface area contributed by atoms with Gasteiger partial charge >= 0.3 is 18.4 Å². The number of nitrogens with one attached hydrogen (secondary N) is 2. The summed E-state index contributed by atoms with van der Waals surface area (Å²) in [7, 11) is 1.23. The van der Waals surface area contributed by atoms with E-state index in [0.717, 1.165) is 34.2 Å². The number of carbonyl (C=O) groups excluding carboxylic acids is 2. The van der Waals surface area contributed by atoms with Gasteiger partial charge in [0.15, 0.2) is 5.76 Å². The molecule has 2 aliphatic rings. The zero-order valence-electron chi connectivity index (χ0n) is 17.2. The molecule has 0 spiro atoms. The van der Waals surface area contributed by atoms with Crippen LogP contribution in [0.2, 0.25) is 0 Å². The summed E-state index contributed by atoms with van der Waals surface area (Å²) in [6, 6.07) is 1.89. The number of amides is 3. The Kier molecular flexibility index (Phi) is 7.44. The number of nitrogens with two attached hydrogens (primary N) is 1. The van der Waals surface area contributed by atoms with Crippen molar-refractivity contribution in [2.75, 3.05) is 18.5 Å². The predicted octanol–water partition coefficient (Wildman–Crippen LogP) is 1.90. The summed E-state index contributed by atoms with van der Waals surface area (Å²) in [6.45, 7) is 1.70. The van der Waals surface area contributed by atoms with Crippen LogP contribution in [0.1, 0.15) is 22.8 Å². The quantitative estimate of drug-likeness (QED) is 0.471. The lowest BCUT2D eigenvalue weighted by molar-refractivity contribution is -0.137. The van der Waals surface area contributed by atoms with E-state index in [0.29, 0.717) is 0 Å². The molecular weight excluding hydrogens is 473 g/mol. The number of carboxylic acid groups (broad SMARTS) is 1. The van der Waals surface area contributed by atoms with E-state index < -0.39 is 53.0 Å². The number of hydrogen-bond donors (Lipinski definition) is 4. The molecule has 1 fully saturated rings. The van der Waals surface area contributed by atoms with Gasteiger partial charge in [0.25, 0.3) is 5.91 Å². The minimum atomic E-state index is -4.93. The number of alkyl halides is 3. The standard InChI is InChI=1S/C18H19F3N6O5.ClH/c1-8-7-26(16(29)25-8)15-24-6-11(32-17(30)31)13(22)27(15)12-9(14(28)23-2)4-3-5-10(12)18(19,20)21;/h3-6,8,13H,7,22H2,1-2H3,(H,23,28)(H,25,29)(H,30,31);1H. The number of aliphatic imine (C=N–C) groups is 1. The Labute approximate surface area is 191 Å². The number of rotatable bonds is 3. The first-order chi connectivity index (χ1) is 15.0. The van der Waals surface area contributed by atoms with Crippen LogP contribution in [-0.2, 0) is 10.9 Å².